The second-order valence-corrected chi connectivity index (χ2v) is 4.86. The minimum atomic E-state index is 0.265. The summed E-state index contributed by atoms with van der Waals surface area (Å²) in [5, 5.41) is 10.1. The van der Waals surface area contributed by atoms with Crippen molar-refractivity contribution < 1.29 is 9.84 Å². The maximum Gasteiger partial charge on any atom is 0.123 e. The summed E-state index contributed by atoms with van der Waals surface area (Å²) in [4.78, 5) is 0. The van der Waals surface area contributed by atoms with E-state index in [4.69, 9.17) is 4.74 Å². The lowest BCUT2D eigenvalue weighted by Gasteiger charge is -2.12. The maximum absolute atomic E-state index is 10.1. The van der Waals surface area contributed by atoms with E-state index >= 15 is 0 Å². The van der Waals surface area contributed by atoms with E-state index in [1.807, 2.05) is 42.5 Å². The zero-order valence-electron chi connectivity index (χ0n) is 12.3. The Morgan fingerprint density at radius 1 is 1.05 bits per heavy atom. The molecule has 0 radical (unpaired) electrons. The largest absolute Gasteiger partial charge is 0.507 e. The van der Waals surface area contributed by atoms with Crippen LogP contribution in [0.5, 0.6) is 11.5 Å². The van der Waals surface area contributed by atoms with E-state index in [-0.39, 0.29) is 5.75 Å². The normalized spacial score (nSPS) is 10.1. The molecule has 0 aromatic heterocycles. The zero-order valence-corrected chi connectivity index (χ0v) is 12.3. The highest BCUT2D eigenvalue weighted by molar-refractivity contribution is 5.72. The summed E-state index contributed by atoms with van der Waals surface area (Å²) >= 11 is 0. The average Bonchev–Trinajstić information content (AvgIpc) is 2.50. The minimum Gasteiger partial charge on any atom is -0.507 e. The van der Waals surface area contributed by atoms with Crippen molar-refractivity contribution in [2.75, 3.05) is 7.11 Å². The quantitative estimate of drug-likeness (QED) is 0.788. The van der Waals surface area contributed by atoms with Crippen LogP contribution in [0.4, 0.5) is 0 Å². The van der Waals surface area contributed by atoms with Gasteiger partial charge in [0.05, 0.1) is 7.11 Å². The van der Waals surface area contributed by atoms with Gasteiger partial charge in [-0.05, 0) is 47.7 Å². The van der Waals surface area contributed by atoms with Crippen LogP contribution in [-0.4, -0.2) is 12.2 Å². The predicted molar refractivity (Wildman–Crippen MR) is 87.9 cm³/mol. The smallest absolute Gasteiger partial charge is 0.123 e. The first-order valence-corrected chi connectivity index (χ1v) is 6.90. The van der Waals surface area contributed by atoms with Crippen LogP contribution < -0.4 is 4.74 Å². The van der Waals surface area contributed by atoms with Crippen molar-refractivity contribution in [1.82, 2.24) is 0 Å². The van der Waals surface area contributed by atoms with Crippen molar-refractivity contribution in [1.29, 1.82) is 0 Å². The lowest BCUT2D eigenvalue weighted by Crippen LogP contribution is -1.92. The van der Waals surface area contributed by atoms with E-state index in [1.54, 1.807) is 13.2 Å². The van der Waals surface area contributed by atoms with Crippen molar-refractivity contribution in [2.24, 2.45) is 0 Å². The zero-order chi connectivity index (χ0) is 15.2. The van der Waals surface area contributed by atoms with Gasteiger partial charge >= 0.3 is 0 Å². The third kappa shape index (κ3) is 3.34. The second-order valence-electron chi connectivity index (χ2n) is 4.86. The van der Waals surface area contributed by atoms with E-state index in [9.17, 15) is 5.11 Å². The fourth-order valence-electron chi connectivity index (χ4n) is 2.34. The lowest BCUT2D eigenvalue weighted by molar-refractivity contribution is 0.411. The molecule has 0 fully saturated rings. The number of rotatable bonds is 6. The van der Waals surface area contributed by atoms with Gasteiger partial charge in [0.15, 0.2) is 0 Å². The molecule has 2 heteroatoms. The van der Waals surface area contributed by atoms with Crippen LogP contribution in [0.1, 0.15) is 11.1 Å². The summed E-state index contributed by atoms with van der Waals surface area (Å²) in [6.45, 7) is 7.50. The molecule has 21 heavy (non-hydrogen) atoms. The van der Waals surface area contributed by atoms with Crippen LogP contribution in [0, 0.1) is 0 Å². The van der Waals surface area contributed by atoms with Gasteiger partial charge in [0, 0.05) is 5.56 Å². The number of allylic oxidation sites excluding steroid dienone is 2. The summed E-state index contributed by atoms with van der Waals surface area (Å²) < 4.78 is 5.43. The summed E-state index contributed by atoms with van der Waals surface area (Å²) in [5.74, 6) is 1.07. The standard InChI is InChI=1S/C19H20O2/c1-4-6-14-8-11-18(20)17(12-14)16-10-9-15(7-5-2)19(13-16)21-3/h4-5,8-13,20H,1-2,6-7H2,3H3. The molecule has 0 aliphatic heterocycles. The van der Waals surface area contributed by atoms with Gasteiger partial charge in [-0.3, -0.25) is 0 Å². The molecule has 0 unspecified atom stereocenters. The third-order valence-electron chi connectivity index (χ3n) is 3.40. The first-order valence-electron chi connectivity index (χ1n) is 6.90. The number of phenols is 1. The van der Waals surface area contributed by atoms with Gasteiger partial charge in [0.2, 0.25) is 0 Å². The number of phenolic OH excluding ortho intramolecular Hbond substituents is 1. The van der Waals surface area contributed by atoms with Crippen molar-refractivity contribution in [2.45, 2.75) is 12.8 Å². The van der Waals surface area contributed by atoms with Gasteiger partial charge in [-0.15, -0.1) is 13.2 Å². The van der Waals surface area contributed by atoms with Crippen LogP contribution in [0.25, 0.3) is 11.1 Å². The molecule has 0 aliphatic carbocycles. The monoisotopic (exact) mass is 280 g/mol. The summed E-state index contributed by atoms with van der Waals surface area (Å²) in [6.07, 6.45) is 5.23. The van der Waals surface area contributed by atoms with Crippen molar-refractivity contribution >= 4 is 0 Å². The molecule has 2 rings (SSSR count). The SMILES string of the molecule is C=CCc1ccc(O)c(-c2ccc(CC=C)c(OC)c2)c1. The highest BCUT2D eigenvalue weighted by atomic mass is 16.5. The Kier molecular flexibility index (Phi) is 4.83. The van der Waals surface area contributed by atoms with E-state index in [2.05, 4.69) is 13.2 Å². The molecule has 0 atom stereocenters. The summed E-state index contributed by atoms with van der Waals surface area (Å²) in [6, 6.07) is 11.6. The number of aromatic hydroxyl groups is 1. The van der Waals surface area contributed by atoms with E-state index < -0.39 is 0 Å². The molecule has 0 spiro atoms. The number of ether oxygens (including phenoxy) is 1. The Balaban J connectivity index is 2.48. The first-order chi connectivity index (χ1) is 10.2. The molecule has 0 amide bonds. The van der Waals surface area contributed by atoms with Crippen LogP contribution in [0.2, 0.25) is 0 Å². The van der Waals surface area contributed by atoms with Crippen molar-refractivity contribution in [3.8, 4) is 22.6 Å². The van der Waals surface area contributed by atoms with Gasteiger partial charge in [-0.25, -0.2) is 0 Å². The van der Waals surface area contributed by atoms with Crippen LogP contribution >= 0.6 is 0 Å². The Morgan fingerprint density at radius 2 is 1.81 bits per heavy atom. The number of methoxy groups -OCH3 is 1. The Bertz CT molecular complexity index is 657. The number of hydrogen-bond acceptors (Lipinski definition) is 2. The number of benzene rings is 2. The molecule has 0 heterocycles. The highest BCUT2D eigenvalue weighted by Crippen LogP contribution is 2.34. The Hall–Kier alpha value is -2.48. The molecule has 108 valence electrons. The Labute approximate surface area is 126 Å². The van der Waals surface area contributed by atoms with Crippen LogP contribution in [0.3, 0.4) is 0 Å². The maximum atomic E-state index is 10.1. The van der Waals surface area contributed by atoms with E-state index in [0.717, 1.165) is 40.8 Å². The molecule has 0 bridgehead atoms. The average molecular weight is 280 g/mol. The van der Waals surface area contributed by atoms with Gasteiger partial charge < -0.3 is 9.84 Å². The molecule has 0 aliphatic rings. The third-order valence-corrected chi connectivity index (χ3v) is 3.40. The van der Waals surface area contributed by atoms with E-state index in [0.29, 0.717) is 0 Å². The molecule has 0 saturated heterocycles. The van der Waals surface area contributed by atoms with Gasteiger partial charge in [0.25, 0.3) is 0 Å². The molecule has 1 N–H and O–H groups in total. The molecule has 2 aromatic rings. The van der Waals surface area contributed by atoms with Gasteiger partial charge in [-0.2, -0.15) is 0 Å². The Morgan fingerprint density at radius 3 is 2.48 bits per heavy atom. The first kappa shape index (κ1) is 14.9. The summed E-state index contributed by atoms with van der Waals surface area (Å²) in [7, 11) is 1.65. The topological polar surface area (TPSA) is 29.5 Å². The van der Waals surface area contributed by atoms with Crippen LogP contribution in [0.15, 0.2) is 61.7 Å². The molecule has 0 saturated carbocycles. The van der Waals surface area contributed by atoms with Crippen LogP contribution in [-0.2, 0) is 12.8 Å². The minimum absolute atomic E-state index is 0.265. The molecular formula is C19H20O2. The fourth-order valence-corrected chi connectivity index (χ4v) is 2.34. The molecular weight excluding hydrogens is 260 g/mol. The van der Waals surface area contributed by atoms with Crippen molar-refractivity contribution in [3.63, 3.8) is 0 Å². The van der Waals surface area contributed by atoms with Gasteiger partial charge in [0.1, 0.15) is 11.5 Å². The lowest BCUT2D eigenvalue weighted by atomic mass is 9.98. The molecule has 2 aromatic carbocycles. The van der Waals surface area contributed by atoms with E-state index in [1.165, 1.54) is 0 Å². The van der Waals surface area contributed by atoms with Gasteiger partial charge in [-0.1, -0.05) is 30.4 Å². The second kappa shape index (κ2) is 6.80. The fraction of sp³-hybridized carbons (Fsp3) is 0.158. The van der Waals surface area contributed by atoms with Crippen molar-refractivity contribution in [3.05, 3.63) is 72.8 Å². The number of hydrogen-bond donors (Lipinski definition) is 1. The highest BCUT2D eigenvalue weighted by Gasteiger charge is 2.09. The molecule has 2 nitrogen and oxygen atoms in total. The predicted octanol–water partition coefficient (Wildman–Crippen LogP) is 4.52. The summed E-state index contributed by atoms with van der Waals surface area (Å²) in [5.41, 5.74) is 3.94.